The average Bonchev–Trinajstić information content (AvgIpc) is 2.14. The lowest BCUT2D eigenvalue weighted by Crippen LogP contribution is -2.44. The van der Waals surface area contributed by atoms with Gasteiger partial charge >= 0.3 is 6.09 Å². The number of carbonyl (C=O) groups excluding carboxylic acids is 1. The standard InChI is InChI=1S/C10H22N2O2/c1-5-7-8-14-10(13)11-9(6-2)12(3)4/h9H,5-8H2,1-4H3,(H,11,13). The Morgan fingerprint density at radius 3 is 2.50 bits per heavy atom. The Hall–Kier alpha value is -0.770. The number of unbranched alkanes of at least 4 members (excludes halogenated alkanes) is 1. The first kappa shape index (κ1) is 13.2. The third kappa shape index (κ3) is 5.80. The summed E-state index contributed by atoms with van der Waals surface area (Å²) in [7, 11) is 3.86. The van der Waals surface area contributed by atoms with Crippen molar-refractivity contribution < 1.29 is 9.53 Å². The molecule has 0 heterocycles. The van der Waals surface area contributed by atoms with Crippen molar-refractivity contribution in [2.75, 3.05) is 20.7 Å². The minimum absolute atomic E-state index is 0.0594. The number of ether oxygens (including phenoxy) is 1. The maximum Gasteiger partial charge on any atom is 0.408 e. The van der Waals surface area contributed by atoms with Gasteiger partial charge < -0.3 is 10.1 Å². The van der Waals surface area contributed by atoms with Gasteiger partial charge in [0.2, 0.25) is 0 Å². The molecule has 4 heteroatoms. The van der Waals surface area contributed by atoms with Crippen LogP contribution in [-0.4, -0.2) is 37.9 Å². The first-order valence-electron chi connectivity index (χ1n) is 5.21. The molecule has 0 saturated heterocycles. The number of nitrogens with zero attached hydrogens (tertiary/aromatic N) is 1. The molecular formula is C10H22N2O2. The van der Waals surface area contributed by atoms with Crippen molar-refractivity contribution in [2.45, 2.75) is 39.3 Å². The number of amides is 1. The number of nitrogens with one attached hydrogen (secondary N) is 1. The lowest BCUT2D eigenvalue weighted by Gasteiger charge is -2.23. The van der Waals surface area contributed by atoms with E-state index in [4.69, 9.17) is 4.74 Å². The third-order valence-corrected chi connectivity index (χ3v) is 2.03. The zero-order chi connectivity index (χ0) is 11.0. The molecule has 1 atom stereocenters. The molecule has 1 N–H and O–H groups in total. The van der Waals surface area contributed by atoms with E-state index >= 15 is 0 Å². The third-order valence-electron chi connectivity index (χ3n) is 2.03. The molecule has 14 heavy (non-hydrogen) atoms. The van der Waals surface area contributed by atoms with Crippen LogP contribution in [0.25, 0.3) is 0 Å². The smallest absolute Gasteiger partial charge is 0.408 e. The molecule has 0 aliphatic heterocycles. The van der Waals surface area contributed by atoms with Gasteiger partial charge in [-0.15, -0.1) is 0 Å². The van der Waals surface area contributed by atoms with Crippen molar-refractivity contribution in [3.63, 3.8) is 0 Å². The van der Waals surface area contributed by atoms with E-state index in [1.54, 1.807) is 0 Å². The fraction of sp³-hybridized carbons (Fsp3) is 0.900. The second kappa shape index (κ2) is 7.62. The van der Waals surface area contributed by atoms with E-state index in [9.17, 15) is 4.79 Å². The van der Waals surface area contributed by atoms with Crippen LogP contribution in [0.2, 0.25) is 0 Å². The summed E-state index contributed by atoms with van der Waals surface area (Å²) in [5.74, 6) is 0. The molecule has 0 fully saturated rings. The Morgan fingerprint density at radius 2 is 2.07 bits per heavy atom. The summed E-state index contributed by atoms with van der Waals surface area (Å²) in [5.41, 5.74) is 0. The quantitative estimate of drug-likeness (QED) is 0.527. The lowest BCUT2D eigenvalue weighted by atomic mass is 10.3. The van der Waals surface area contributed by atoms with E-state index in [0.29, 0.717) is 6.61 Å². The molecule has 0 aromatic carbocycles. The summed E-state index contributed by atoms with van der Waals surface area (Å²) in [5, 5.41) is 2.79. The topological polar surface area (TPSA) is 41.6 Å². The summed E-state index contributed by atoms with van der Waals surface area (Å²) in [4.78, 5) is 13.2. The van der Waals surface area contributed by atoms with E-state index in [1.807, 2.05) is 25.9 Å². The highest BCUT2D eigenvalue weighted by atomic mass is 16.5. The van der Waals surface area contributed by atoms with Crippen LogP contribution in [0, 0.1) is 0 Å². The van der Waals surface area contributed by atoms with Gasteiger partial charge in [0, 0.05) is 0 Å². The number of hydrogen-bond acceptors (Lipinski definition) is 3. The van der Waals surface area contributed by atoms with E-state index in [-0.39, 0.29) is 12.3 Å². The van der Waals surface area contributed by atoms with E-state index in [2.05, 4.69) is 12.2 Å². The molecule has 1 unspecified atom stereocenters. The number of rotatable bonds is 6. The largest absolute Gasteiger partial charge is 0.450 e. The maximum atomic E-state index is 11.2. The summed E-state index contributed by atoms with van der Waals surface area (Å²) < 4.78 is 4.99. The maximum absolute atomic E-state index is 11.2. The molecule has 0 aromatic heterocycles. The first-order valence-corrected chi connectivity index (χ1v) is 5.21. The zero-order valence-electron chi connectivity index (χ0n) is 9.67. The number of hydrogen-bond donors (Lipinski definition) is 1. The van der Waals surface area contributed by atoms with Crippen molar-refractivity contribution in [1.29, 1.82) is 0 Å². The van der Waals surface area contributed by atoms with Crippen LogP contribution in [0.5, 0.6) is 0 Å². The Kier molecular flexibility index (Phi) is 7.20. The highest BCUT2D eigenvalue weighted by Gasteiger charge is 2.12. The van der Waals surface area contributed by atoms with Gasteiger partial charge in [0.1, 0.15) is 0 Å². The van der Waals surface area contributed by atoms with Gasteiger partial charge in [-0.3, -0.25) is 4.90 Å². The van der Waals surface area contributed by atoms with E-state index in [1.165, 1.54) is 0 Å². The van der Waals surface area contributed by atoms with Crippen LogP contribution in [0.3, 0.4) is 0 Å². The van der Waals surface area contributed by atoms with Crippen LogP contribution in [0.4, 0.5) is 4.79 Å². The van der Waals surface area contributed by atoms with E-state index < -0.39 is 0 Å². The first-order chi connectivity index (χ1) is 6.61. The van der Waals surface area contributed by atoms with Gasteiger partial charge in [0.15, 0.2) is 0 Å². The second-order valence-corrected chi connectivity index (χ2v) is 3.52. The zero-order valence-corrected chi connectivity index (χ0v) is 9.67. The normalized spacial score (nSPS) is 12.6. The molecule has 0 bridgehead atoms. The Bertz CT molecular complexity index is 160. The summed E-state index contributed by atoms with van der Waals surface area (Å²) in [6.45, 7) is 4.60. The molecule has 4 nitrogen and oxygen atoms in total. The van der Waals surface area contributed by atoms with Gasteiger partial charge in [0.05, 0.1) is 12.8 Å². The van der Waals surface area contributed by atoms with Crippen LogP contribution >= 0.6 is 0 Å². The minimum atomic E-state index is -0.320. The van der Waals surface area contributed by atoms with Gasteiger partial charge in [-0.1, -0.05) is 20.3 Å². The summed E-state index contributed by atoms with van der Waals surface area (Å²) in [6.07, 6.45) is 2.57. The van der Waals surface area contributed by atoms with Gasteiger partial charge in [0.25, 0.3) is 0 Å². The van der Waals surface area contributed by atoms with E-state index in [0.717, 1.165) is 19.3 Å². The molecule has 0 radical (unpaired) electrons. The fourth-order valence-electron chi connectivity index (χ4n) is 1.08. The lowest BCUT2D eigenvalue weighted by molar-refractivity contribution is 0.126. The summed E-state index contributed by atoms with van der Waals surface area (Å²) >= 11 is 0. The van der Waals surface area contributed by atoms with Crippen molar-refractivity contribution in [1.82, 2.24) is 10.2 Å². The molecule has 0 aliphatic rings. The van der Waals surface area contributed by atoms with Crippen LogP contribution in [-0.2, 0) is 4.74 Å². The molecule has 0 aliphatic carbocycles. The SMILES string of the molecule is CCCCOC(=O)NC(CC)N(C)C. The molecular weight excluding hydrogens is 180 g/mol. The molecule has 1 amide bonds. The molecule has 0 rings (SSSR count). The highest BCUT2D eigenvalue weighted by Crippen LogP contribution is 1.96. The van der Waals surface area contributed by atoms with Crippen LogP contribution in [0.15, 0.2) is 0 Å². The van der Waals surface area contributed by atoms with Crippen molar-refractivity contribution in [2.24, 2.45) is 0 Å². The van der Waals surface area contributed by atoms with Gasteiger partial charge in [-0.2, -0.15) is 0 Å². The monoisotopic (exact) mass is 202 g/mol. The number of carbonyl (C=O) groups is 1. The van der Waals surface area contributed by atoms with Gasteiger partial charge in [-0.25, -0.2) is 4.79 Å². The average molecular weight is 202 g/mol. The highest BCUT2D eigenvalue weighted by molar-refractivity contribution is 5.67. The molecule has 0 saturated carbocycles. The summed E-state index contributed by atoms with van der Waals surface area (Å²) in [6, 6.07) is 0. The van der Waals surface area contributed by atoms with Crippen molar-refractivity contribution in [3.05, 3.63) is 0 Å². The predicted octanol–water partition coefficient (Wildman–Crippen LogP) is 1.81. The molecule has 0 aromatic rings. The minimum Gasteiger partial charge on any atom is -0.450 e. The fourth-order valence-corrected chi connectivity index (χ4v) is 1.08. The Morgan fingerprint density at radius 1 is 1.43 bits per heavy atom. The van der Waals surface area contributed by atoms with Crippen molar-refractivity contribution >= 4 is 6.09 Å². The number of alkyl carbamates (subject to hydrolysis) is 1. The predicted molar refractivity (Wildman–Crippen MR) is 57.2 cm³/mol. The van der Waals surface area contributed by atoms with Crippen LogP contribution in [0.1, 0.15) is 33.1 Å². The molecule has 0 spiro atoms. The van der Waals surface area contributed by atoms with Gasteiger partial charge in [-0.05, 0) is 26.9 Å². The second-order valence-electron chi connectivity index (χ2n) is 3.52. The Balaban J connectivity index is 3.68. The Labute approximate surface area is 86.6 Å². The van der Waals surface area contributed by atoms with Crippen LogP contribution < -0.4 is 5.32 Å². The van der Waals surface area contributed by atoms with Crippen molar-refractivity contribution in [3.8, 4) is 0 Å². The molecule has 84 valence electrons.